The maximum atomic E-state index is 13.2. The monoisotopic (exact) mass is 466 g/mol. The van der Waals surface area contributed by atoms with Crippen LogP contribution in [0.4, 0.5) is 11.5 Å². The van der Waals surface area contributed by atoms with Crippen LogP contribution in [-0.2, 0) is 4.79 Å². The number of carbonyl (C=O) groups excluding carboxylic acids is 3. The van der Waals surface area contributed by atoms with E-state index in [2.05, 4.69) is 15.6 Å². The molecule has 8 heteroatoms. The molecule has 3 amide bonds. The molecule has 7 nitrogen and oxygen atoms in total. The average Bonchev–Trinajstić information content (AvgIpc) is 3.48. The number of thiophene rings is 1. The van der Waals surface area contributed by atoms with Crippen LogP contribution in [-0.4, -0.2) is 35.8 Å². The van der Waals surface area contributed by atoms with E-state index in [9.17, 15) is 14.4 Å². The highest BCUT2D eigenvalue weighted by atomic mass is 32.1. The van der Waals surface area contributed by atoms with E-state index >= 15 is 0 Å². The number of benzene rings is 1. The number of nitrogens with one attached hydrogen (secondary N) is 3. The van der Waals surface area contributed by atoms with Gasteiger partial charge in [-0.25, -0.2) is 0 Å². The average molecular weight is 467 g/mol. The summed E-state index contributed by atoms with van der Waals surface area (Å²) in [5, 5.41) is 8.21. The summed E-state index contributed by atoms with van der Waals surface area (Å²) < 4.78 is 0. The molecule has 0 unspecified atom stereocenters. The Morgan fingerprint density at radius 3 is 2.55 bits per heavy atom. The number of rotatable bonds is 7. The van der Waals surface area contributed by atoms with Gasteiger partial charge in [-0.2, -0.15) is 0 Å². The molecule has 2 aromatic heterocycles. The van der Waals surface area contributed by atoms with Crippen molar-refractivity contribution in [2.75, 3.05) is 23.3 Å². The molecule has 0 spiro atoms. The van der Waals surface area contributed by atoms with Crippen molar-refractivity contribution >= 4 is 51.5 Å². The molecule has 3 N–H and O–H groups in total. The van der Waals surface area contributed by atoms with Gasteiger partial charge in [0.1, 0.15) is 5.82 Å². The van der Waals surface area contributed by atoms with Crippen LogP contribution in [0.2, 0.25) is 0 Å². The lowest BCUT2D eigenvalue weighted by molar-refractivity contribution is -0.123. The number of hydrogen-bond acceptors (Lipinski definition) is 4. The number of fused-ring (bicyclic) bond motifs is 1. The zero-order valence-electron chi connectivity index (χ0n) is 19.1. The molecule has 1 saturated carbocycles. The van der Waals surface area contributed by atoms with Crippen LogP contribution in [0.3, 0.4) is 0 Å². The number of hydrogen-bond donors (Lipinski definition) is 3. The van der Waals surface area contributed by atoms with Crippen LogP contribution in [0.15, 0.2) is 35.7 Å². The molecule has 174 valence electrons. The molecule has 1 aromatic carbocycles. The third-order valence-corrected chi connectivity index (χ3v) is 7.05. The first-order valence-corrected chi connectivity index (χ1v) is 12.5. The largest absolute Gasteiger partial charge is 0.352 e. The van der Waals surface area contributed by atoms with E-state index in [1.807, 2.05) is 48.4 Å². The molecule has 0 saturated heterocycles. The van der Waals surface area contributed by atoms with Gasteiger partial charge in [0.05, 0.1) is 10.4 Å². The molecule has 0 bridgehead atoms. The predicted octanol–water partition coefficient (Wildman–Crippen LogP) is 5.16. The molecule has 3 aromatic rings. The molecular formula is C25H30N4O3S. The smallest absolute Gasteiger partial charge is 0.266 e. The summed E-state index contributed by atoms with van der Waals surface area (Å²) in [6.07, 6.45) is 5.30. The van der Waals surface area contributed by atoms with Gasteiger partial charge in [-0.15, -0.1) is 11.3 Å². The zero-order valence-corrected chi connectivity index (χ0v) is 19.9. The number of amides is 3. The Morgan fingerprint density at radius 1 is 1.09 bits per heavy atom. The lowest BCUT2D eigenvalue weighted by Crippen LogP contribution is -2.37. The van der Waals surface area contributed by atoms with Crippen LogP contribution in [0.25, 0.3) is 10.9 Å². The minimum absolute atomic E-state index is 0.0737. The highest BCUT2D eigenvalue weighted by Crippen LogP contribution is 2.32. The standard InChI is InChI=1S/C25H30N4O3S/c1-3-26-24(31)21-18-13-12-17(29(4-2)25(32)16-9-6-5-7-10-16)15-19(18)27-22(21)28-23(30)20-11-8-14-33-20/h8,11-16,27H,3-7,9-10H2,1-2H3,(H,26,31)(H,28,30). The maximum absolute atomic E-state index is 13.2. The van der Waals surface area contributed by atoms with Crippen molar-refractivity contribution in [2.45, 2.75) is 46.0 Å². The molecule has 0 atom stereocenters. The number of aromatic nitrogens is 1. The Bertz CT molecular complexity index is 1150. The molecule has 1 aliphatic rings. The third-order valence-electron chi connectivity index (χ3n) is 6.18. The number of anilines is 2. The van der Waals surface area contributed by atoms with Crippen molar-refractivity contribution in [3.63, 3.8) is 0 Å². The summed E-state index contributed by atoms with van der Waals surface area (Å²) in [5.41, 5.74) is 1.88. The fourth-order valence-electron chi connectivity index (χ4n) is 4.55. The number of H-pyrrole nitrogens is 1. The first-order valence-electron chi connectivity index (χ1n) is 11.6. The Balaban J connectivity index is 1.69. The van der Waals surface area contributed by atoms with Gasteiger partial charge in [0.25, 0.3) is 11.8 Å². The van der Waals surface area contributed by atoms with E-state index in [1.54, 1.807) is 6.07 Å². The van der Waals surface area contributed by atoms with E-state index in [-0.39, 0.29) is 23.6 Å². The summed E-state index contributed by atoms with van der Waals surface area (Å²) >= 11 is 1.34. The highest BCUT2D eigenvalue weighted by Gasteiger charge is 2.27. The Morgan fingerprint density at radius 2 is 1.88 bits per heavy atom. The van der Waals surface area contributed by atoms with Crippen LogP contribution in [0.1, 0.15) is 66.0 Å². The molecule has 1 aliphatic carbocycles. The molecule has 2 heterocycles. The second-order valence-corrected chi connectivity index (χ2v) is 9.26. The Labute approximate surface area is 197 Å². The van der Waals surface area contributed by atoms with Crippen molar-refractivity contribution in [1.29, 1.82) is 0 Å². The van der Waals surface area contributed by atoms with Crippen LogP contribution >= 0.6 is 11.3 Å². The highest BCUT2D eigenvalue weighted by molar-refractivity contribution is 7.12. The van der Waals surface area contributed by atoms with Gasteiger partial charge >= 0.3 is 0 Å². The Hall–Kier alpha value is -3.13. The molecule has 0 aliphatic heterocycles. The minimum atomic E-state index is -0.273. The van der Waals surface area contributed by atoms with Gasteiger partial charge in [0.2, 0.25) is 5.91 Å². The quantitative estimate of drug-likeness (QED) is 0.449. The molecule has 33 heavy (non-hydrogen) atoms. The first kappa shape index (κ1) is 23.0. The summed E-state index contributed by atoms with van der Waals surface area (Å²) in [4.78, 5) is 44.3. The van der Waals surface area contributed by atoms with Crippen molar-refractivity contribution in [3.05, 3.63) is 46.2 Å². The van der Waals surface area contributed by atoms with E-state index in [1.165, 1.54) is 17.8 Å². The summed E-state index contributed by atoms with van der Waals surface area (Å²) in [5.74, 6) is 0.0598. The summed E-state index contributed by atoms with van der Waals surface area (Å²) in [6, 6.07) is 9.17. The fourth-order valence-corrected chi connectivity index (χ4v) is 5.17. The second kappa shape index (κ2) is 10.2. The first-order chi connectivity index (χ1) is 16.0. The van der Waals surface area contributed by atoms with Crippen LogP contribution in [0, 0.1) is 5.92 Å². The topological polar surface area (TPSA) is 94.3 Å². The minimum Gasteiger partial charge on any atom is -0.352 e. The molecule has 4 rings (SSSR count). The lowest BCUT2D eigenvalue weighted by atomic mass is 9.88. The summed E-state index contributed by atoms with van der Waals surface area (Å²) in [7, 11) is 0. The number of carbonyl (C=O) groups is 3. The van der Waals surface area contributed by atoms with Crippen molar-refractivity contribution in [1.82, 2.24) is 10.3 Å². The van der Waals surface area contributed by atoms with E-state index in [4.69, 9.17) is 0 Å². The fraction of sp³-hybridized carbons (Fsp3) is 0.400. The normalized spacial score (nSPS) is 14.2. The van der Waals surface area contributed by atoms with Gasteiger partial charge in [0, 0.05) is 35.6 Å². The Kier molecular flexibility index (Phi) is 7.13. The van der Waals surface area contributed by atoms with E-state index < -0.39 is 0 Å². The van der Waals surface area contributed by atoms with E-state index in [0.717, 1.165) is 31.4 Å². The zero-order chi connectivity index (χ0) is 23.4. The molecule has 0 radical (unpaired) electrons. The van der Waals surface area contributed by atoms with E-state index in [0.29, 0.717) is 40.3 Å². The molecular weight excluding hydrogens is 436 g/mol. The van der Waals surface area contributed by atoms with Crippen LogP contribution in [0.5, 0.6) is 0 Å². The van der Waals surface area contributed by atoms with Gasteiger partial charge < -0.3 is 20.5 Å². The number of nitrogens with zero attached hydrogens (tertiary/aromatic N) is 1. The lowest BCUT2D eigenvalue weighted by Gasteiger charge is -2.28. The van der Waals surface area contributed by atoms with Crippen molar-refractivity contribution in [2.24, 2.45) is 5.92 Å². The van der Waals surface area contributed by atoms with Gasteiger partial charge in [-0.3, -0.25) is 14.4 Å². The molecule has 1 fully saturated rings. The number of aromatic amines is 1. The second-order valence-electron chi connectivity index (χ2n) is 8.31. The van der Waals surface area contributed by atoms with Gasteiger partial charge in [-0.05, 0) is 56.3 Å². The SMILES string of the molecule is CCNC(=O)c1c(NC(=O)c2cccs2)[nH]c2cc(N(CC)C(=O)C3CCCCC3)ccc12. The van der Waals surface area contributed by atoms with Crippen molar-refractivity contribution < 1.29 is 14.4 Å². The van der Waals surface area contributed by atoms with Gasteiger partial charge in [-0.1, -0.05) is 25.3 Å². The van der Waals surface area contributed by atoms with Gasteiger partial charge in [0.15, 0.2) is 0 Å². The van der Waals surface area contributed by atoms with Crippen molar-refractivity contribution in [3.8, 4) is 0 Å². The predicted molar refractivity (Wildman–Crippen MR) is 133 cm³/mol. The van der Waals surface area contributed by atoms with Crippen LogP contribution < -0.4 is 15.5 Å². The maximum Gasteiger partial charge on any atom is 0.266 e. The third kappa shape index (κ3) is 4.80. The summed E-state index contributed by atoms with van der Waals surface area (Å²) in [6.45, 7) is 4.88.